The molecule has 0 spiro atoms. The fourth-order valence-electron chi connectivity index (χ4n) is 3.07. The van der Waals surface area contributed by atoms with Crippen molar-refractivity contribution < 1.29 is 0 Å². The number of aromatic nitrogens is 3. The number of pyridine rings is 1. The summed E-state index contributed by atoms with van der Waals surface area (Å²) in [4.78, 5) is 4.56. The topological polar surface area (TPSA) is 42.7 Å². The van der Waals surface area contributed by atoms with E-state index in [-0.39, 0.29) is 0 Å². The third-order valence-electron chi connectivity index (χ3n) is 4.24. The molecule has 2 aromatic heterocycles. The van der Waals surface area contributed by atoms with Crippen LogP contribution in [0.3, 0.4) is 0 Å². The summed E-state index contributed by atoms with van der Waals surface area (Å²) in [6.45, 7) is 5.33. The number of nitrogens with zero attached hydrogens (tertiary/aromatic N) is 3. The van der Waals surface area contributed by atoms with Crippen LogP contribution in [-0.2, 0) is 0 Å². The third kappa shape index (κ3) is 2.79. The molecule has 0 unspecified atom stereocenters. The molecule has 1 fully saturated rings. The fraction of sp³-hybridized carbons (Fsp3) is 0.625. The Bertz CT molecular complexity index is 567. The van der Waals surface area contributed by atoms with Crippen molar-refractivity contribution in [3.8, 4) is 0 Å². The predicted molar refractivity (Wildman–Crippen MR) is 83.0 cm³/mol. The summed E-state index contributed by atoms with van der Waals surface area (Å²) in [5.74, 6) is 0.831. The molecule has 0 atom stereocenters. The van der Waals surface area contributed by atoms with E-state index in [4.69, 9.17) is 0 Å². The number of hydrogen-bond donors (Lipinski definition) is 1. The van der Waals surface area contributed by atoms with E-state index in [0.717, 1.165) is 29.2 Å². The van der Waals surface area contributed by atoms with E-state index in [0.29, 0.717) is 6.04 Å². The van der Waals surface area contributed by atoms with Gasteiger partial charge in [0, 0.05) is 18.0 Å². The molecule has 1 N–H and O–H groups in total. The Labute approximate surface area is 120 Å². The van der Waals surface area contributed by atoms with Crippen molar-refractivity contribution in [1.29, 1.82) is 0 Å². The maximum atomic E-state index is 4.56. The van der Waals surface area contributed by atoms with Gasteiger partial charge in [0.2, 0.25) is 0 Å². The monoisotopic (exact) mass is 272 g/mol. The zero-order valence-corrected chi connectivity index (χ0v) is 12.5. The van der Waals surface area contributed by atoms with Crippen molar-refractivity contribution in [2.45, 2.75) is 52.0 Å². The van der Waals surface area contributed by atoms with Gasteiger partial charge < -0.3 is 5.32 Å². The van der Waals surface area contributed by atoms with Gasteiger partial charge in [-0.15, -0.1) is 0 Å². The van der Waals surface area contributed by atoms with Crippen molar-refractivity contribution in [3.05, 3.63) is 18.5 Å². The normalized spacial score (nSPS) is 16.9. The maximum Gasteiger partial charge on any atom is 0.158 e. The lowest BCUT2D eigenvalue weighted by Gasteiger charge is -2.22. The van der Waals surface area contributed by atoms with E-state index in [9.17, 15) is 0 Å². The Morgan fingerprint density at radius 1 is 1.25 bits per heavy atom. The summed E-state index contributed by atoms with van der Waals surface area (Å²) < 4.78 is 1.97. The van der Waals surface area contributed by atoms with Gasteiger partial charge in [-0.25, -0.2) is 9.67 Å². The first-order chi connectivity index (χ1) is 9.74. The quantitative estimate of drug-likeness (QED) is 0.914. The molecule has 2 aromatic rings. The first-order valence-electron chi connectivity index (χ1n) is 7.81. The summed E-state index contributed by atoms with van der Waals surface area (Å²) in [5, 5.41) is 9.08. The molecule has 3 rings (SSSR count). The average molecular weight is 272 g/mol. The molecule has 1 saturated carbocycles. The lowest BCUT2D eigenvalue weighted by Crippen LogP contribution is -2.17. The zero-order valence-electron chi connectivity index (χ0n) is 12.5. The fourth-order valence-corrected chi connectivity index (χ4v) is 3.07. The number of rotatable bonds is 4. The number of nitrogens with one attached hydrogen (secondary N) is 1. The van der Waals surface area contributed by atoms with Crippen LogP contribution in [0.15, 0.2) is 18.5 Å². The number of hydrogen-bond acceptors (Lipinski definition) is 3. The molecule has 4 heteroatoms. The van der Waals surface area contributed by atoms with Gasteiger partial charge in [0.15, 0.2) is 5.65 Å². The van der Waals surface area contributed by atoms with Gasteiger partial charge in [0.25, 0.3) is 0 Å². The van der Waals surface area contributed by atoms with E-state index in [2.05, 4.69) is 35.3 Å². The molecular formula is C16H24N4. The number of fused-ring (bicyclic) bond motifs is 1. The first-order valence-corrected chi connectivity index (χ1v) is 7.81. The predicted octanol–water partition coefficient (Wildman–Crippen LogP) is 4.00. The van der Waals surface area contributed by atoms with Crippen LogP contribution < -0.4 is 5.32 Å². The van der Waals surface area contributed by atoms with Crippen LogP contribution in [0.25, 0.3) is 11.0 Å². The average Bonchev–Trinajstić information content (AvgIpc) is 2.89. The Hall–Kier alpha value is -1.58. The standard InChI is InChI=1S/C16H24N4/c1-12(2)20-16-14(10-19-20)8-15(11-18-16)17-9-13-6-4-3-5-7-13/h8,10-13,17H,3-7,9H2,1-2H3. The van der Waals surface area contributed by atoms with Crippen molar-refractivity contribution in [2.75, 3.05) is 11.9 Å². The Kier molecular flexibility index (Phi) is 3.90. The highest BCUT2D eigenvalue weighted by Gasteiger charge is 2.13. The molecule has 108 valence electrons. The van der Waals surface area contributed by atoms with Gasteiger partial charge in [-0.1, -0.05) is 19.3 Å². The van der Waals surface area contributed by atoms with Crippen molar-refractivity contribution in [1.82, 2.24) is 14.8 Å². The zero-order chi connectivity index (χ0) is 13.9. The SMILES string of the molecule is CC(C)n1ncc2cc(NCC3CCCCC3)cnc21. The highest BCUT2D eigenvalue weighted by Crippen LogP contribution is 2.24. The van der Waals surface area contributed by atoms with E-state index < -0.39 is 0 Å². The van der Waals surface area contributed by atoms with Gasteiger partial charge in [0.05, 0.1) is 18.1 Å². The Morgan fingerprint density at radius 2 is 2.05 bits per heavy atom. The van der Waals surface area contributed by atoms with E-state index in [1.54, 1.807) is 0 Å². The molecule has 0 aromatic carbocycles. The number of anilines is 1. The Balaban J connectivity index is 1.69. The molecule has 4 nitrogen and oxygen atoms in total. The highest BCUT2D eigenvalue weighted by molar-refractivity contribution is 5.78. The van der Waals surface area contributed by atoms with Crippen molar-refractivity contribution in [2.24, 2.45) is 5.92 Å². The molecule has 1 aliphatic carbocycles. The van der Waals surface area contributed by atoms with Crippen molar-refractivity contribution in [3.63, 3.8) is 0 Å². The van der Waals surface area contributed by atoms with Crippen LogP contribution in [-0.4, -0.2) is 21.3 Å². The van der Waals surface area contributed by atoms with E-state index in [1.807, 2.05) is 17.1 Å². The molecule has 0 saturated heterocycles. The lowest BCUT2D eigenvalue weighted by molar-refractivity contribution is 0.373. The van der Waals surface area contributed by atoms with Crippen LogP contribution >= 0.6 is 0 Å². The Morgan fingerprint density at radius 3 is 2.80 bits per heavy atom. The summed E-state index contributed by atoms with van der Waals surface area (Å²) in [7, 11) is 0. The largest absolute Gasteiger partial charge is 0.384 e. The molecule has 2 heterocycles. The second kappa shape index (κ2) is 5.81. The minimum absolute atomic E-state index is 0.348. The lowest BCUT2D eigenvalue weighted by atomic mass is 9.89. The molecule has 20 heavy (non-hydrogen) atoms. The molecule has 0 bridgehead atoms. The summed E-state index contributed by atoms with van der Waals surface area (Å²) >= 11 is 0. The van der Waals surface area contributed by atoms with Gasteiger partial charge in [0.1, 0.15) is 0 Å². The van der Waals surface area contributed by atoms with Gasteiger partial charge in [-0.2, -0.15) is 5.10 Å². The summed E-state index contributed by atoms with van der Waals surface area (Å²) in [6.07, 6.45) is 10.8. The van der Waals surface area contributed by atoms with Crippen molar-refractivity contribution >= 4 is 16.7 Å². The van der Waals surface area contributed by atoms with Gasteiger partial charge >= 0.3 is 0 Å². The van der Waals surface area contributed by atoms with E-state index in [1.165, 1.54) is 32.1 Å². The minimum Gasteiger partial charge on any atom is -0.384 e. The molecule has 0 aliphatic heterocycles. The van der Waals surface area contributed by atoms with Crippen LogP contribution in [0.4, 0.5) is 5.69 Å². The van der Waals surface area contributed by atoms with Crippen LogP contribution in [0.5, 0.6) is 0 Å². The smallest absolute Gasteiger partial charge is 0.158 e. The van der Waals surface area contributed by atoms with Crippen LogP contribution in [0.2, 0.25) is 0 Å². The van der Waals surface area contributed by atoms with Gasteiger partial charge in [-0.3, -0.25) is 0 Å². The van der Waals surface area contributed by atoms with Crippen LogP contribution in [0.1, 0.15) is 52.0 Å². The second-order valence-electron chi connectivity index (χ2n) is 6.20. The van der Waals surface area contributed by atoms with Gasteiger partial charge in [-0.05, 0) is 38.7 Å². The van der Waals surface area contributed by atoms with E-state index >= 15 is 0 Å². The van der Waals surface area contributed by atoms with Crippen LogP contribution in [0, 0.1) is 5.92 Å². The summed E-state index contributed by atoms with van der Waals surface area (Å²) in [6, 6.07) is 2.51. The first kappa shape index (κ1) is 13.4. The molecule has 0 amide bonds. The highest BCUT2D eigenvalue weighted by atomic mass is 15.3. The molecular weight excluding hydrogens is 248 g/mol. The summed E-state index contributed by atoms with van der Waals surface area (Å²) in [5.41, 5.74) is 2.09. The molecule has 0 radical (unpaired) electrons. The third-order valence-corrected chi connectivity index (χ3v) is 4.24. The molecule has 1 aliphatic rings. The minimum atomic E-state index is 0.348. The maximum absolute atomic E-state index is 4.56. The second-order valence-corrected chi connectivity index (χ2v) is 6.20.